The van der Waals surface area contributed by atoms with Gasteiger partial charge in [0.05, 0.1) is 5.56 Å². The van der Waals surface area contributed by atoms with E-state index in [0.717, 1.165) is 27.8 Å². The molecule has 0 spiro atoms. The average molecular weight is 379 g/mol. The molecule has 0 heterocycles. The molecule has 3 heteroatoms. The number of amides is 1. The van der Waals surface area contributed by atoms with E-state index in [4.69, 9.17) is 0 Å². The number of hydrogen-bond donors (Lipinski definition) is 2. The minimum atomic E-state index is -0.216. The van der Waals surface area contributed by atoms with E-state index in [9.17, 15) is 9.90 Å². The molecule has 142 valence electrons. The summed E-state index contributed by atoms with van der Waals surface area (Å²) in [6, 6.07) is 32.9. The van der Waals surface area contributed by atoms with Gasteiger partial charge in [-0.05, 0) is 46.0 Å². The number of hydrogen-bond acceptors (Lipinski definition) is 2. The summed E-state index contributed by atoms with van der Waals surface area (Å²) in [6.07, 6.45) is 0. The van der Waals surface area contributed by atoms with Gasteiger partial charge in [0.2, 0.25) is 0 Å². The second-order valence-corrected chi connectivity index (χ2v) is 6.84. The first-order chi connectivity index (χ1) is 14.2. The van der Waals surface area contributed by atoms with Crippen LogP contribution in [0.4, 0.5) is 0 Å². The highest BCUT2D eigenvalue weighted by Crippen LogP contribution is 2.29. The van der Waals surface area contributed by atoms with Gasteiger partial charge in [-0.1, -0.05) is 84.9 Å². The molecule has 0 saturated carbocycles. The van der Waals surface area contributed by atoms with Crippen molar-refractivity contribution in [3.05, 3.63) is 114 Å². The fraction of sp³-hybridized carbons (Fsp3) is 0.0385. The smallest absolute Gasteiger partial charge is 0.252 e. The number of phenols is 1. The highest BCUT2D eigenvalue weighted by molar-refractivity contribution is 6.01. The van der Waals surface area contributed by atoms with E-state index in [2.05, 4.69) is 17.4 Å². The van der Waals surface area contributed by atoms with Crippen molar-refractivity contribution in [2.75, 3.05) is 0 Å². The van der Waals surface area contributed by atoms with Crippen molar-refractivity contribution < 1.29 is 9.90 Å². The van der Waals surface area contributed by atoms with Crippen LogP contribution in [-0.4, -0.2) is 11.0 Å². The van der Waals surface area contributed by atoms with Gasteiger partial charge >= 0.3 is 0 Å². The van der Waals surface area contributed by atoms with E-state index in [1.54, 1.807) is 12.1 Å². The Balaban J connectivity index is 1.60. The second-order valence-electron chi connectivity index (χ2n) is 6.84. The predicted molar refractivity (Wildman–Crippen MR) is 117 cm³/mol. The molecule has 1 amide bonds. The van der Waals surface area contributed by atoms with Crippen molar-refractivity contribution in [3.63, 3.8) is 0 Å². The molecule has 0 atom stereocenters. The molecule has 0 radical (unpaired) electrons. The Bertz CT molecular complexity index is 1100. The molecule has 0 aromatic heterocycles. The number of benzene rings is 4. The zero-order chi connectivity index (χ0) is 20.1. The van der Waals surface area contributed by atoms with Crippen molar-refractivity contribution in [1.29, 1.82) is 0 Å². The third-order valence-corrected chi connectivity index (χ3v) is 4.85. The fourth-order valence-electron chi connectivity index (χ4n) is 3.32. The molecule has 4 rings (SSSR count). The third kappa shape index (κ3) is 4.36. The van der Waals surface area contributed by atoms with E-state index in [-0.39, 0.29) is 11.7 Å². The van der Waals surface area contributed by atoms with Crippen molar-refractivity contribution in [2.45, 2.75) is 6.54 Å². The highest BCUT2D eigenvalue weighted by Gasteiger charge is 2.14. The van der Waals surface area contributed by atoms with Gasteiger partial charge in [0.25, 0.3) is 5.91 Å². The van der Waals surface area contributed by atoms with E-state index < -0.39 is 0 Å². The maximum Gasteiger partial charge on any atom is 0.252 e. The van der Waals surface area contributed by atoms with Crippen LogP contribution < -0.4 is 5.32 Å². The van der Waals surface area contributed by atoms with Crippen molar-refractivity contribution >= 4 is 5.91 Å². The molecule has 0 aliphatic heterocycles. The first-order valence-electron chi connectivity index (χ1n) is 9.52. The summed E-state index contributed by atoms with van der Waals surface area (Å²) >= 11 is 0. The van der Waals surface area contributed by atoms with Crippen LogP contribution in [0.1, 0.15) is 15.9 Å². The van der Waals surface area contributed by atoms with Crippen LogP contribution >= 0.6 is 0 Å². The van der Waals surface area contributed by atoms with Gasteiger partial charge in [0.15, 0.2) is 0 Å². The summed E-state index contributed by atoms with van der Waals surface area (Å²) in [5.41, 5.74) is 5.44. The first kappa shape index (κ1) is 18.5. The summed E-state index contributed by atoms with van der Waals surface area (Å²) in [6.45, 7) is 0.432. The van der Waals surface area contributed by atoms with Crippen molar-refractivity contribution in [2.24, 2.45) is 0 Å². The molecule has 0 bridgehead atoms. The van der Waals surface area contributed by atoms with Crippen molar-refractivity contribution in [3.8, 4) is 28.0 Å². The molecular formula is C26H21NO2. The van der Waals surface area contributed by atoms with Gasteiger partial charge in [-0.15, -0.1) is 0 Å². The number of nitrogens with one attached hydrogen (secondary N) is 1. The van der Waals surface area contributed by atoms with Gasteiger partial charge in [0.1, 0.15) is 5.75 Å². The lowest BCUT2D eigenvalue weighted by atomic mass is 9.96. The van der Waals surface area contributed by atoms with E-state index >= 15 is 0 Å². The van der Waals surface area contributed by atoms with E-state index in [1.165, 1.54) is 6.07 Å². The molecule has 0 unspecified atom stereocenters. The molecule has 0 aliphatic carbocycles. The number of carbonyl (C=O) groups is 1. The Morgan fingerprint density at radius 1 is 0.690 bits per heavy atom. The molecule has 0 aliphatic rings. The van der Waals surface area contributed by atoms with Crippen molar-refractivity contribution in [1.82, 2.24) is 5.32 Å². The standard InChI is InChI=1S/C26H21NO2/c28-23-15-16-24(22-13-11-21(12-14-22)20-9-5-2-6-10-20)25(17-23)26(29)27-18-19-7-3-1-4-8-19/h1-17,28H,18H2,(H,27,29). The lowest BCUT2D eigenvalue weighted by Gasteiger charge is -2.12. The maximum atomic E-state index is 12.8. The Kier molecular flexibility index (Phi) is 5.39. The van der Waals surface area contributed by atoms with Gasteiger partial charge < -0.3 is 10.4 Å². The fourth-order valence-corrected chi connectivity index (χ4v) is 3.32. The Labute approximate surface area is 170 Å². The summed E-state index contributed by atoms with van der Waals surface area (Å²) in [5.74, 6) is -0.147. The molecule has 3 nitrogen and oxygen atoms in total. The number of rotatable bonds is 5. The van der Waals surface area contributed by atoms with Crippen LogP contribution in [0.25, 0.3) is 22.3 Å². The van der Waals surface area contributed by atoms with Crippen LogP contribution in [0.15, 0.2) is 103 Å². The van der Waals surface area contributed by atoms with E-state index in [0.29, 0.717) is 12.1 Å². The van der Waals surface area contributed by atoms with Gasteiger partial charge in [-0.3, -0.25) is 4.79 Å². The number of aromatic hydroxyl groups is 1. The normalized spacial score (nSPS) is 10.5. The Morgan fingerprint density at radius 3 is 1.97 bits per heavy atom. The number of carbonyl (C=O) groups excluding carboxylic acids is 1. The molecular weight excluding hydrogens is 358 g/mol. The van der Waals surface area contributed by atoms with Gasteiger partial charge in [-0.2, -0.15) is 0 Å². The zero-order valence-electron chi connectivity index (χ0n) is 15.9. The molecule has 0 saturated heterocycles. The summed E-state index contributed by atoms with van der Waals surface area (Å²) in [7, 11) is 0. The lowest BCUT2D eigenvalue weighted by Crippen LogP contribution is -2.23. The van der Waals surface area contributed by atoms with Crippen LogP contribution in [-0.2, 0) is 6.54 Å². The SMILES string of the molecule is O=C(NCc1ccccc1)c1cc(O)ccc1-c1ccc(-c2ccccc2)cc1. The molecule has 0 fully saturated rings. The van der Waals surface area contributed by atoms with Crippen LogP contribution in [0, 0.1) is 0 Å². The number of phenolic OH excluding ortho intramolecular Hbond substituents is 1. The quantitative estimate of drug-likeness (QED) is 0.470. The summed E-state index contributed by atoms with van der Waals surface area (Å²) in [5, 5.41) is 12.9. The summed E-state index contributed by atoms with van der Waals surface area (Å²) in [4.78, 5) is 12.8. The minimum absolute atomic E-state index is 0.0690. The monoisotopic (exact) mass is 379 g/mol. The molecule has 4 aromatic carbocycles. The zero-order valence-corrected chi connectivity index (χ0v) is 15.9. The third-order valence-electron chi connectivity index (χ3n) is 4.85. The molecule has 2 N–H and O–H groups in total. The summed E-state index contributed by atoms with van der Waals surface area (Å²) < 4.78 is 0. The molecule has 4 aromatic rings. The van der Waals surface area contributed by atoms with Crippen LogP contribution in [0.3, 0.4) is 0 Å². The average Bonchev–Trinajstić information content (AvgIpc) is 2.79. The molecule has 29 heavy (non-hydrogen) atoms. The van der Waals surface area contributed by atoms with Gasteiger partial charge in [0, 0.05) is 6.54 Å². The Hall–Kier alpha value is -3.85. The first-order valence-corrected chi connectivity index (χ1v) is 9.52. The van der Waals surface area contributed by atoms with E-state index in [1.807, 2.05) is 72.8 Å². The van der Waals surface area contributed by atoms with Crippen LogP contribution in [0.2, 0.25) is 0 Å². The predicted octanol–water partition coefficient (Wildman–Crippen LogP) is 5.66. The van der Waals surface area contributed by atoms with Gasteiger partial charge in [-0.25, -0.2) is 0 Å². The Morgan fingerprint density at radius 2 is 1.28 bits per heavy atom. The lowest BCUT2D eigenvalue weighted by molar-refractivity contribution is 0.0951. The van der Waals surface area contributed by atoms with Crippen LogP contribution in [0.5, 0.6) is 5.75 Å². The minimum Gasteiger partial charge on any atom is -0.508 e. The maximum absolute atomic E-state index is 12.8. The largest absolute Gasteiger partial charge is 0.508 e. The second kappa shape index (κ2) is 8.44. The topological polar surface area (TPSA) is 49.3 Å². The highest BCUT2D eigenvalue weighted by atomic mass is 16.3.